The average molecular weight is 147 g/mol. The van der Waals surface area contributed by atoms with Crippen molar-refractivity contribution in [1.29, 1.82) is 5.26 Å². The lowest BCUT2D eigenvalue weighted by Gasteiger charge is -1.68. The van der Waals surface area contributed by atoms with Gasteiger partial charge in [0.15, 0.2) is 0 Å². The van der Waals surface area contributed by atoms with Gasteiger partial charge in [-0.05, 0) is 17.7 Å². The monoisotopic (exact) mass is 147 g/mol. The minimum Gasteiger partial charge on any atom is -0.430 e. The van der Waals surface area contributed by atoms with Gasteiger partial charge in [-0.25, -0.2) is 0 Å². The van der Waals surface area contributed by atoms with E-state index in [0.29, 0.717) is 0 Å². The summed E-state index contributed by atoms with van der Waals surface area (Å²) >= 11 is 0. The molecule has 2 aliphatic rings. The van der Waals surface area contributed by atoms with E-state index >= 15 is 0 Å². The molecule has 0 atom stereocenters. The van der Waals surface area contributed by atoms with E-state index in [1.807, 2.05) is 18.2 Å². The summed E-state index contributed by atoms with van der Waals surface area (Å²) in [5.74, 6) is 0. The first-order valence-corrected chi connectivity index (χ1v) is 3.09. The molecule has 2 aliphatic carbocycles. The van der Waals surface area contributed by atoms with Crippen LogP contribution < -0.4 is 0 Å². The van der Waals surface area contributed by atoms with Crippen molar-refractivity contribution < 1.29 is 10.0 Å². The molecule has 0 aromatic rings. The lowest BCUT2D eigenvalue weighted by Crippen LogP contribution is -1.75. The van der Waals surface area contributed by atoms with Crippen molar-refractivity contribution in [3.63, 3.8) is 0 Å². The molecule has 54 valence electrons. The highest BCUT2D eigenvalue weighted by molar-refractivity contribution is 6.13. The van der Waals surface area contributed by atoms with Crippen LogP contribution in [-0.4, -0.2) is 17.7 Å². The van der Waals surface area contributed by atoms with Crippen molar-refractivity contribution in [3.05, 3.63) is 23.8 Å². The van der Waals surface area contributed by atoms with E-state index in [0.717, 1.165) is 11.1 Å². The summed E-state index contributed by atoms with van der Waals surface area (Å²) < 4.78 is 0. The van der Waals surface area contributed by atoms with Crippen molar-refractivity contribution in [3.8, 4) is 17.2 Å². The maximum Gasteiger partial charge on any atom is 0.432 e. The number of hydrogen-bond donors (Lipinski definition) is 2. The predicted octanol–water partition coefficient (Wildman–Crippen LogP) is -0.224. The predicted molar refractivity (Wildman–Crippen MR) is 41.7 cm³/mol. The molecule has 0 amide bonds. The van der Waals surface area contributed by atoms with Crippen molar-refractivity contribution in [2.24, 2.45) is 0 Å². The Morgan fingerprint density at radius 2 is 2.00 bits per heavy atom. The molecule has 0 saturated carbocycles. The summed E-state index contributed by atoms with van der Waals surface area (Å²) in [6.07, 6.45) is 0. The summed E-state index contributed by atoms with van der Waals surface area (Å²) in [6, 6.07) is 7.93. The van der Waals surface area contributed by atoms with Crippen LogP contribution >= 0.6 is 0 Å². The smallest absolute Gasteiger partial charge is 0.430 e. The Morgan fingerprint density at radius 3 is 2.18 bits per heavy atom. The van der Waals surface area contributed by atoms with Gasteiger partial charge in [0.25, 0.3) is 0 Å². The maximum atomic E-state index is 8.37. The van der Waals surface area contributed by atoms with E-state index in [9.17, 15) is 0 Å². The van der Waals surface area contributed by atoms with Crippen LogP contribution in [0.3, 0.4) is 0 Å². The van der Waals surface area contributed by atoms with Gasteiger partial charge >= 0.3 is 7.69 Å². The molecule has 0 spiro atoms. The molecule has 0 bridgehead atoms. The van der Waals surface area contributed by atoms with Crippen molar-refractivity contribution in [2.75, 3.05) is 0 Å². The van der Waals surface area contributed by atoms with Crippen LogP contribution in [0.5, 0.6) is 0 Å². The Kier molecular flexibility index (Phi) is 2.26. The minimum absolute atomic E-state index is 0.750. The van der Waals surface area contributed by atoms with Crippen LogP contribution in [0.15, 0.2) is 18.2 Å². The number of nitrogens with zero attached hydrogens (tertiary/aromatic N) is 1. The number of rotatable bonds is 0. The van der Waals surface area contributed by atoms with Gasteiger partial charge in [0, 0.05) is 5.56 Å². The van der Waals surface area contributed by atoms with Crippen LogP contribution in [0, 0.1) is 11.3 Å². The summed E-state index contributed by atoms with van der Waals surface area (Å²) in [4.78, 5) is 0. The second kappa shape index (κ2) is 3.19. The number of nitriles is 1. The van der Waals surface area contributed by atoms with E-state index in [4.69, 9.17) is 15.3 Å². The lowest BCUT2D eigenvalue weighted by molar-refractivity contribution is 0.448. The first-order chi connectivity index (χ1) is 5.33. The second-order valence-electron chi connectivity index (χ2n) is 2.01. The van der Waals surface area contributed by atoms with E-state index < -0.39 is 7.69 Å². The normalized spacial score (nSPS) is 8.82. The van der Waals surface area contributed by atoms with Crippen LogP contribution in [0.1, 0.15) is 5.56 Å². The number of benzene rings is 1. The maximum absolute atomic E-state index is 8.37. The fourth-order valence-corrected chi connectivity index (χ4v) is 0.851. The van der Waals surface area contributed by atoms with E-state index in [1.165, 1.54) is 5.56 Å². The van der Waals surface area contributed by atoms with Gasteiger partial charge in [-0.2, -0.15) is 5.26 Å². The first-order valence-electron chi connectivity index (χ1n) is 3.09. The highest BCUT2D eigenvalue weighted by Gasteiger charge is 2.15. The van der Waals surface area contributed by atoms with Crippen molar-refractivity contribution in [1.82, 2.24) is 0 Å². The minimum atomic E-state index is -0.750. The topological polar surface area (TPSA) is 64.2 Å². The zero-order chi connectivity index (χ0) is 8.27. The summed E-state index contributed by atoms with van der Waals surface area (Å²) in [6.45, 7) is 0. The highest BCUT2D eigenvalue weighted by atomic mass is 16.4. The van der Waals surface area contributed by atoms with Gasteiger partial charge < -0.3 is 10.0 Å². The molecule has 2 rings (SSSR count). The molecule has 0 heterocycles. The second-order valence-corrected chi connectivity index (χ2v) is 2.01. The summed E-state index contributed by atoms with van der Waals surface area (Å²) in [5, 5.41) is 22.6. The Balaban J connectivity index is 0.000000179. The SMILES string of the molecule is N#Cc1ccc2cc1-2.OBO. The zero-order valence-corrected chi connectivity index (χ0v) is 5.78. The molecule has 11 heavy (non-hydrogen) atoms. The molecular formula is C7H6BNO2. The first kappa shape index (κ1) is 7.80. The molecule has 3 nitrogen and oxygen atoms in total. The van der Waals surface area contributed by atoms with Crippen LogP contribution in [0.4, 0.5) is 0 Å². The Bertz CT molecular complexity index is 306. The van der Waals surface area contributed by atoms with Gasteiger partial charge in [-0.1, -0.05) is 6.07 Å². The van der Waals surface area contributed by atoms with E-state index in [-0.39, 0.29) is 0 Å². The Morgan fingerprint density at radius 1 is 1.36 bits per heavy atom. The van der Waals surface area contributed by atoms with E-state index in [2.05, 4.69) is 6.07 Å². The Hall–Kier alpha value is -1.31. The van der Waals surface area contributed by atoms with Crippen LogP contribution in [0.25, 0.3) is 11.1 Å². The molecule has 0 aromatic carbocycles. The standard InChI is InChI=1S/C7H3N.BH3O2/c8-4-6-2-1-5-3-7(5)6;2-1-3/h1-3H;1-3H. The largest absolute Gasteiger partial charge is 0.432 e. The molecule has 0 aromatic heterocycles. The number of hydrogen-bond acceptors (Lipinski definition) is 3. The fraction of sp³-hybridized carbons (Fsp3) is 0. The molecule has 4 heteroatoms. The molecule has 0 unspecified atom stereocenters. The van der Waals surface area contributed by atoms with Crippen molar-refractivity contribution >= 4 is 7.69 Å². The Labute approximate surface area is 64.8 Å². The van der Waals surface area contributed by atoms with Gasteiger partial charge in [-0.3, -0.25) is 0 Å². The van der Waals surface area contributed by atoms with Gasteiger partial charge in [0.1, 0.15) is 0 Å². The van der Waals surface area contributed by atoms with E-state index in [1.54, 1.807) is 0 Å². The van der Waals surface area contributed by atoms with Gasteiger partial charge in [-0.15, -0.1) is 0 Å². The third-order valence-electron chi connectivity index (χ3n) is 1.37. The summed E-state index contributed by atoms with van der Waals surface area (Å²) in [7, 11) is -0.750. The fourth-order valence-electron chi connectivity index (χ4n) is 0.851. The zero-order valence-electron chi connectivity index (χ0n) is 5.78. The quantitative estimate of drug-likeness (QED) is 0.506. The van der Waals surface area contributed by atoms with Crippen LogP contribution in [-0.2, 0) is 0 Å². The van der Waals surface area contributed by atoms with Crippen molar-refractivity contribution in [2.45, 2.75) is 0 Å². The third kappa shape index (κ3) is 1.58. The summed E-state index contributed by atoms with van der Waals surface area (Å²) in [5.41, 5.74) is 3.20. The average Bonchev–Trinajstić information content (AvgIpc) is 2.66. The van der Waals surface area contributed by atoms with Crippen LogP contribution in [0.2, 0.25) is 0 Å². The molecule has 0 radical (unpaired) electrons. The van der Waals surface area contributed by atoms with Gasteiger partial charge in [0.05, 0.1) is 11.6 Å². The third-order valence-corrected chi connectivity index (χ3v) is 1.37. The molecule has 0 fully saturated rings. The molecule has 2 N–H and O–H groups in total. The molecule has 0 saturated heterocycles. The molecule has 0 aliphatic heterocycles. The highest BCUT2D eigenvalue weighted by Crippen LogP contribution is 2.37. The number of fused-ring (bicyclic) bond motifs is 1. The van der Waals surface area contributed by atoms with Gasteiger partial charge in [0.2, 0.25) is 0 Å². The lowest BCUT2D eigenvalue weighted by atomic mass is 10.3. The molecular weight excluding hydrogens is 141 g/mol.